The molecule has 0 bridgehead atoms. The maximum atomic E-state index is 5.33. The van der Waals surface area contributed by atoms with Crippen LogP contribution in [0.4, 0.5) is 5.69 Å². The number of benzene rings is 1. The first-order chi connectivity index (χ1) is 8.40. The SMILES string of the molecule is c1cc2c(cc1-c1nc(C3CC3)no1)CCN2. The fourth-order valence-electron chi connectivity index (χ4n) is 2.30. The molecule has 0 spiro atoms. The van der Waals surface area contributed by atoms with Crippen molar-refractivity contribution in [2.24, 2.45) is 0 Å². The number of aromatic nitrogens is 2. The Morgan fingerprint density at radius 2 is 2.24 bits per heavy atom. The van der Waals surface area contributed by atoms with Crippen LogP contribution in [0.2, 0.25) is 0 Å². The van der Waals surface area contributed by atoms with Crippen molar-refractivity contribution >= 4 is 5.69 Å². The minimum Gasteiger partial charge on any atom is -0.384 e. The summed E-state index contributed by atoms with van der Waals surface area (Å²) in [6.07, 6.45) is 3.48. The highest BCUT2D eigenvalue weighted by atomic mass is 16.5. The molecule has 1 aliphatic heterocycles. The van der Waals surface area contributed by atoms with Crippen molar-refractivity contribution in [2.45, 2.75) is 25.2 Å². The zero-order valence-corrected chi connectivity index (χ0v) is 9.44. The topological polar surface area (TPSA) is 51.0 Å². The second-order valence-electron chi connectivity index (χ2n) is 4.78. The van der Waals surface area contributed by atoms with Crippen molar-refractivity contribution in [3.8, 4) is 11.5 Å². The van der Waals surface area contributed by atoms with Crippen LogP contribution in [0.3, 0.4) is 0 Å². The summed E-state index contributed by atoms with van der Waals surface area (Å²) in [5, 5.41) is 7.39. The summed E-state index contributed by atoms with van der Waals surface area (Å²) in [6.45, 7) is 1.02. The predicted octanol–water partition coefficient (Wildman–Crippen LogP) is 2.58. The molecule has 0 amide bonds. The Kier molecular flexibility index (Phi) is 1.80. The average molecular weight is 227 g/mol. The van der Waals surface area contributed by atoms with Crippen LogP contribution < -0.4 is 5.32 Å². The van der Waals surface area contributed by atoms with Crippen LogP contribution in [0.25, 0.3) is 11.5 Å². The molecule has 1 aromatic heterocycles. The molecule has 1 saturated carbocycles. The molecule has 4 nitrogen and oxygen atoms in total. The van der Waals surface area contributed by atoms with Gasteiger partial charge in [-0.2, -0.15) is 4.98 Å². The summed E-state index contributed by atoms with van der Waals surface area (Å²) in [5.41, 5.74) is 3.61. The second-order valence-corrected chi connectivity index (χ2v) is 4.78. The zero-order chi connectivity index (χ0) is 11.2. The average Bonchev–Trinajstić information content (AvgIpc) is 2.93. The van der Waals surface area contributed by atoms with Gasteiger partial charge in [0.1, 0.15) is 0 Å². The van der Waals surface area contributed by atoms with E-state index in [1.54, 1.807) is 0 Å². The molecular formula is C13H13N3O. The fraction of sp³-hybridized carbons (Fsp3) is 0.385. The van der Waals surface area contributed by atoms with Crippen LogP contribution in [-0.4, -0.2) is 16.7 Å². The van der Waals surface area contributed by atoms with Gasteiger partial charge in [0.05, 0.1) is 0 Å². The quantitative estimate of drug-likeness (QED) is 0.856. The van der Waals surface area contributed by atoms with Crippen LogP contribution >= 0.6 is 0 Å². The lowest BCUT2D eigenvalue weighted by molar-refractivity contribution is 0.422. The number of nitrogens with one attached hydrogen (secondary N) is 1. The molecule has 2 heterocycles. The van der Waals surface area contributed by atoms with E-state index in [9.17, 15) is 0 Å². The summed E-state index contributed by atoms with van der Waals surface area (Å²) >= 11 is 0. The second kappa shape index (κ2) is 3.32. The molecule has 0 unspecified atom stereocenters. The standard InChI is InChI=1S/C13H13N3O/c1-2-8(1)12-15-13(17-16-12)10-3-4-11-9(7-10)5-6-14-11/h3-4,7-8,14H,1-2,5-6H2. The third kappa shape index (κ3) is 1.52. The van der Waals surface area contributed by atoms with E-state index in [1.807, 2.05) is 6.07 Å². The van der Waals surface area contributed by atoms with Gasteiger partial charge in [-0.3, -0.25) is 0 Å². The van der Waals surface area contributed by atoms with Gasteiger partial charge in [-0.25, -0.2) is 0 Å². The number of hydrogen-bond donors (Lipinski definition) is 1. The minimum absolute atomic E-state index is 0.545. The largest absolute Gasteiger partial charge is 0.384 e. The summed E-state index contributed by atoms with van der Waals surface area (Å²) in [7, 11) is 0. The lowest BCUT2D eigenvalue weighted by Crippen LogP contribution is -1.90. The van der Waals surface area contributed by atoms with Gasteiger partial charge in [0.15, 0.2) is 5.82 Å². The molecule has 2 aliphatic rings. The Bertz CT molecular complexity index is 572. The van der Waals surface area contributed by atoms with Crippen molar-refractivity contribution in [2.75, 3.05) is 11.9 Å². The van der Waals surface area contributed by atoms with E-state index < -0.39 is 0 Å². The monoisotopic (exact) mass is 227 g/mol. The summed E-state index contributed by atoms with van der Waals surface area (Å²) in [6, 6.07) is 6.29. The van der Waals surface area contributed by atoms with Crippen LogP contribution in [0.5, 0.6) is 0 Å². The van der Waals surface area contributed by atoms with Crippen LogP contribution in [0.15, 0.2) is 22.7 Å². The molecule has 0 radical (unpaired) electrons. The molecule has 0 atom stereocenters. The van der Waals surface area contributed by atoms with E-state index in [0.29, 0.717) is 11.8 Å². The van der Waals surface area contributed by atoms with Gasteiger partial charge in [-0.1, -0.05) is 5.16 Å². The Labute approximate surface area is 99.0 Å². The van der Waals surface area contributed by atoms with E-state index in [-0.39, 0.29) is 0 Å². The molecule has 1 fully saturated rings. The Balaban J connectivity index is 1.72. The van der Waals surface area contributed by atoms with Gasteiger partial charge in [0.2, 0.25) is 0 Å². The Morgan fingerprint density at radius 1 is 1.29 bits per heavy atom. The van der Waals surface area contributed by atoms with Crippen LogP contribution in [0, 0.1) is 0 Å². The molecule has 17 heavy (non-hydrogen) atoms. The number of anilines is 1. The maximum absolute atomic E-state index is 5.33. The number of rotatable bonds is 2. The van der Waals surface area contributed by atoms with E-state index in [1.165, 1.54) is 24.1 Å². The van der Waals surface area contributed by atoms with Gasteiger partial charge in [0.25, 0.3) is 5.89 Å². The molecule has 2 aromatic rings. The molecule has 1 N–H and O–H groups in total. The normalized spacial score (nSPS) is 17.9. The molecular weight excluding hydrogens is 214 g/mol. The molecule has 0 saturated heterocycles. The highest BCUT2D eigenvalue weighted by Gasteiger charge is 2.29. The third-order valence-electron chi connectivity index (χ3n) is 3.45. The zero-order valence-electron chi connectivity index (χ0n) is 9.44. The number of fused-ring (bicyclic) bond motifs is 1. The Morgan fingerprint density at radius 3 is 3.12 bits per heavy atom. The van der Waals surface area contributed by atoms with Crippen molar-refractivity contribution in [3.05, 3.63) is 29.6 Å². The first-order valence-corrected chi connectivity index (χ1v) is 6.11. The van der Waals surface area contributed by atoms with Crippen molar-refractivity contribution in [1.29, 1.82) is 0 Å². The summed E-state index contributed by atoms with van der Waals surface area (Å²) in [4.78, 5) is 4.47. The van der Waals surface area contributed by atoms with Gasteiger partial charge in [-0.15, -0.1) is 0 Å². The highest BCUT2D eigenvalue weighted by Crippen LogP contribution is 2.39. The minimum atomic E-state index is 0.545. The van der Waals surface area contributed by atoms with E-state index in [2.05, 4.69) is 27.6 Å². The lowest BCUT2D eigenvalue weighted by atomic mass is 10.1. The van der Waals surface area contributed by atoms with E-state index in [0.717, 1.165) is 24.4 Å². The molecule has 4 rings (SSSR count). The smallest absolute Gasteiger partial charge is 0.257 e. The molecule has 1 aliphatic carbocycles. The summed E-state index contributed by atoms with van der Waals surface area (Å²) < 4.78 is 5.33. The van der Waals surface area contributed by atoms with E-state index >= 15 is 0 Å². The van der Waals surface area contributed by atoms with Crippen molar-refractivity contribution in [1.82, 2.24) is 10.1 Å². The van der Waals surface area contributed by atoms with Gasteiger partial charge in [-0.05, 0) is 43.0 Å². The predicted molar refractivity (Wildman–Crippen MR) is 63.9 cm³/mol. The lowest BCUT2D eigenvalue weighted by Gasteiger charge is -2.00. The third-order valence-corrected chi connectivity index (χ3v) is 3.45. The first-order valence-electron chi connectivity index (χ1n) is 6.11. The van der Waals surface area contributed by atoms with Crippen LogP contribution in [-0.2, 0) is 6.42 Å². The molecule has 4 heteroatoms. The Hall–Kier alpha value is -1.84. The number of hydrogen-bond acceptors (Lipinski definition) is 4. The molecule has 1 aromatic carbocycles. The van der Waals surface area contributed by atoms with Crippen molar-refractivity contribution in [3.63, 3.8) is 0 Å². The maximum Gasteiger partial charge on any atom is 0.257 e. The van der Waals surface area contributed by atoms with E-state index in [4.69, 9.17) is 4.52 Å². The van der Waals surface area contributed by atoms with Crippen LogP contribution in [0.1, 0.15) is 30.1 Å². The first kappa shape index (κ1) is 9.22. The highest BCUT2D eigenvalue weighted by molar-refractivity contribution is 5.65. The number of nitrogens with zero attached hydrogens (tertiary/aromatic N) is 2. The van der Waals surface area contributed by atoms with Gasteiger partial charge in [0, 0.05) is 23.7 Å². The molecule has 86 valence electrons. The fourth-order valence-corrected chi connectivity index (χ4v) is 2.30. The van der Waals surface area contributed by atoms with Gasteiger partial charge >= 0.3 is 0 Å². The van der Waals surface area contributed by atoms with Gasteiger partial charge < -0.3 is 9.84 Å². The van der Waals surface area contributed by atoms with Crippen molar-refractivity contribution < 1.29 is 4.52 Å². The summed E-state index contributed by atoms with van der Waals surface area (Å²) in [5.74, 6) is 2.07.